The number of rotatable bonds is 3. The van der Waals surface area contributed by atoms with E-state index >= 15 is 0 Å². The molecule has 0 fully saturated rings. The van der Waals surface area contributed by atoms with E-state index < -0.39 is 11.4 Å². The lowest BCUT2D eigenvalue weighted by Crippen LogP contribution is -2.22. The Bertz CT molecular complexity index is 352. The molecular weight excluding hydrogens is 251 g/mol. The van der Waals surface area contributed by atoms with Crippen LogP contribution in [0.25, 0.3) is 0 Å². The van der Waals surface area contributed by atoms with Crippen molar-refractivity contribution in [1.82, 2.24) is 15.5 Å². The molecule has 1 aromatic rings. The number of thioether (sulfide) groups is 1. The summed E-state index contributed by atoms with van der Waals surface area (Å²) in [6, 6.07) is 0. The quantitative estimate of drug-likeness (QED) is 0.840. The van der Waals surface area contributed by atoms with Gasteiger partial charge in [-0.1, -0.05) is 11.3 Å². The predicted octanol–water partition coefficient (Wildman–Crippen LogP) is 1.90. The van der Waals surface area contributed by atoms with Crippen LogP contribution < -0.4 is 5.32 Å². The van der Waals surface area contributed by atoms with E-state index in [1.165, 1.54) is 0 Å². The van der Waals surface area contributed by atoms with Crippen LogP contribution in [0.15, 0.2) is 4.34 Å². The van der Waals surface area contributed by atoms with Crippen molar-refractivity contribution < 1.29 is 18.0 Å². The van der Waals surface area contributed by atoms with E-state index in [1.54, 1.807) is 6.92 Å². The number of carbonyl (C=O) groups is 1. The fourth-order valence-electron chi connectivity index (χ4n) is 0.678. The first kappa shape index (κ1) is 12.2. The van der Waals surface area contributed by atoms with Gasteiger partial charge in [0.25, 0.3) is 5.91 Å². The van der Waals surface area contributed by atoms with Crippen LogP contribution in [0.4, 0.5) is 13.2 Å². The van der Waals surface area contributed by atoms with Crippen LogP contribution in [0.1, 0.15) is 16.7 Å². The van der Waals surface area contributed by atoms with Gasteiger partial charge in [-0.05, 0) is 6.92 Å². The maximum Gasteiger partial charge on any atom is 0.448 e. The summed E-state index contributed by atoms with van der Waals surface area (Å²) < 4.78 is 35.4. The van der Waals surface area contributed by atoms with Gasteiger partial charge in [-0.2, -0.15) is 13.2 Å². The minimum absolute atomic E-state index is 0.0661. The smallest absolute Gasteiger partial charge is 0.350 e. The van der Waals surface area contributed by atoms with Crippen molar-refractivity contribution in [3.05, 3.63) is 5.01 Å². The zero-order valence-corrected chi connectivity index (χ0v) is 9.09. The number of aromatic nitrogens is 2. The summed E-state index contributed by atoms with van der Waals surface area (Å²) in [5.41, 5.74) is -4.40. The van der Waals surface area contributed by atoms with Crippen molar-refractivity contribution in [3.63, 3.8) is 0 Å². The Morgan fingerprint density at radius 2 is 2.20 bits per heavy atom. The molecule has 1 rings (SSSR count). The molecule has 0 spiro atoms. The van der Waals surface area contributed by atoms with Crippen LogP contribution in [-0.4, -0.2) is 28.2 Å². The van der Waals surface area contributed by atoms with E-state index in [9.17, 15) is 18.0 Å². The van der Waals surface area contributed by atoms with Gasteiger partial charge in [0.05, 0.1) is 0 Å². The van der Waals surface area contributed by atoms with E-state index in [0.29, 0.717) is 17.9 Å². The third-order valence-electron chi connectivity index (χ3n) is 1.14. The molecule has 0 aromatic carbocycles. The molecule has 9 heteroatoms. The van der Waals surface area contributed by atoms with Gasteiger partial charge in [0.2, 0.25) is 5.01 Å². The normalized spacial score (nSPS) is 11.5. The third kappa shape index (κ3) is 4.04. The summed E-state index contributed by atoms with van der Waals surface area (Å²) in [5, 5.41) is 8.96. The Balaban J connectivity index is 2.68. The number of carbonyl (C=O) groups excluding carboxylic acids is 1. The summed E-state index contributed by atoms with van der Waals surface area (Å²) in [4.78, 5) is 11.1. The average molecular weight is 257 g/mol. The third-order valence-corrected chi connectivity index (χ3v) is 2.85. The highest BCUT2D eigenvalue weighted by molar-refractivity contribution is 8.01. The molecule has 0 bridgehead atoms. The molecule has 1 N–H and O–H groups in total. The second-order valence-corrected chi connectivity index (χ2v) is 4.57. The van der Waals surface area contributed by atoms with Gasteiger partial charge in [0, 0.05) is 18.3 Å². The molecule has 0 radical (unpaired) electrons. The molecule has 0 aliphatic carbocycles. The second-order valence-electron chi connectivity index (χ2n) is 2.28. The Kier molecular flexibility index (Phi) is 3.91. The number of halogens is 3. The monoisotopic (exact) mass is 257 g/mol. The summed E-state index contributed by atoms with van der Waals surface area (Å²) >= 11 is 0.238. The van der Waals surface area contributed by atoms with Gasteiger partial charge in [0.1, 0.15) is 0 Å². The van der Waals surface area contributed by atoms with Crippen molar-refractivity contribution in [2.75, 3.05) is 6.54 Å². The Morgan fingerprint density at radius 3 is 2.73 bits per heavy atom. The molecule has 1 aromatic heterocycles. The van der Waals surface area contributed by atoms with Crippen molar-refractivity contribution in [2.24, 2.45) is 0 Å². The number of nitrogens with one attached hydrogen (secondary N) is 1. The van der Waals surface area contributed by atoms with Crippen molar-refractivity contribution >= 4 is 29.0 Å². The minimum Gasteiger partial charge on any atom is -0.350 e. The van der Waals surface area contributed by atoms with Crippen LogP contribution in [-0.2, 0) is 0 Å². The fraction of sp³-hybridized carbons (Fsp3) is 0.500. The highest BCUT2D eigenvalue weighted by atomic mass is 32.2. The molecule has 0 saturated heterocycles. The zero-order chi connectivity index (χ0) is 11.5. The predicted molar refractivity (Wildman–Crippen MR) is 49.8 cm³/mol. The van der Waals surface area contributed by atoms with Crippen LogP contribution in [0, 0.1) is 0 Å². The van der Waals surface area contributed by atoms with E-state index in [4.69, 9.17) is 0 Å². The highest BCUT2D eigenvalue weighted by Crippen LogP contribution is 2.37. The van der Waals surface area contributed by atoms with Crippen molar-refractivity contribution in [2.45, 2.75) is 16.8 Å². The topological polar surface area (TPSA) is 54.9 Å². The molecule has 0 unspecified atom stereocenters. The first-order valence-electron chi connectivity index (χ1n) is 3.80. The van der Waals surface area contributed by atoms with E-state index in [0.717, 1.165) is 0 Å². The van der Waals surface area contributed by atoms with Crippen LogP contribution >= 0.6 is 23.1 Å². The summed E-state index contributed by atoms with van der Waals surface area (Å²) in [6.45, 7) is 2.09. The van der Waals surface area contributed by atoms with Crippen molar-refractivity contribution in [1.29, 1.82) is 0 Å². The van der Waals surface area contributed by atoms with Gasteiger partial charge in [-0.3, -0.25) is 4.79 Å². The first-order chi connectivity index (χ1) is 6.92. The number of nitrogens with zero attached hydrogens (tertiary/aromatic N) is 2. The van der Waals surface area contributed by atoms with E-state index in [-0.39, 0.29) is 21.1 Å². The highest BCUT2D eigenvalue weighted by Gasteiger charge is 2.31. The number of amides is 1. The standard InChI is InChI=1S/C6H6F3N3OS2/c1-2-10-3(13)4-11-12-5(14-4)15-6(7,8)9/h2H2,1H3,(H,10,13). The fourth-order valence-corrected chi connectivity index (χ4v) is 2.14. The zero-order valence-electron chi connectivity index (χ0n) is 7.46. The first-order valence-corrected chi connectivity index (χ1v) is 5.43. The van der Waals surface area contributed by atoms with Gasteiger partial charge in [-0.15, -0.1) is 10.2 Å². The summed E-state index contributed by atoms with van der Waals surface area (Å²) in [5.74, 6) is -0.510. The largest absolute Gasteiger partial charge is 0.448 e. The van der Waals surface area contributed by atoms with E-state index in [1.807, 2.05) is 0 Å². The average Bonchev–Trinajstić information content (AvgIpc) is 2.50. The molecule has 0 saturated carbocycles. The molecule has 84 valence electrons. The molecular formula is C6H6F3N3OS2. The molecule has 15 heavy (non-hydrogen) atoms. The maximum atomic E-state index is 11.9. The number of hydrogen-bond acceptors (Lipinski definition) is 5. The lowest BCUT2D eigenvalue weighted by Gasteiger charge is -1.99. The van der Waals surface area contributed by atoms with Crippen molar-refractivity contribution in [3.8, 4) is 0 Å². The Labute approximate surface area is 91.3 Å². The molecule has 4 nitrogen and oxygen atoms in total. The Hall–Kier alpha value is -0.830. The van der Waals surface area contributed by atoms with Crippen LogP contribution in [0.5, 0.6) is 0 Å². The van der Waals surface area contributed by atoms with Gasteiger partial charge in [0.15, 0.2) is 4.34 Å². The van der Waals surface area contributed by atoms with E-state index in [2.05, 4.69) is 15.5 Å². The number of hydrogen-bond donors (Lipinski definition) is 1. The minimum atomic E-state index is -4.40. The SMILES string of the molecule is CCNC(=O)c1nnc(SC(F)(F)F)s1. The molecule has 1 amide bonds. The molecule has 1 heterocycles. The second kappa shape index (κ2) is 4.79. The maximum absolute atomic E-state index is 11.9. The lowest BCUT2D eigenvalue weighted by molar-refractivity contribution is -0.0328. The molecule has 0 atom stereocenters. The molecule has 0 aliphatic rings. The summed E-state index contributed by atoms with van der Waals surface area (Å²) in [6.07, 6.45) is 0. The summed E-state index contributed by atoms with van der Waals surface area (Å²) in [7, 11) is 0. The van der Waals surface area contributed by atoms with Gasteiger partial charge < -0.3 is 5.32 Å². The van der Waals surface area contributed by atoms with Gasteiger partial charge >= 0.3 is 5.51 Å². The van der Waals surface area contributed by atoms with Crippen LogP contribution in [0.3, 0.4) is 0 Å². The Morgan fingerprint density at radius 1 is 1.53 bits per heavy atom. The number of alkyl halides is 3. The van der Waals surface area contributed by atoms with Gasteiger partial charge in [-0.25, -0.2) is 0 Å². The lowest BCUT2D eigenvalue weighted by atomic mass is 10.6. The van der Waals surface area contributed by atoms with Crippen LogP contribution in [0.2, 0.25) is 0 Å². The molecule has 0 aliphatic heterocycles.